The van der Waals surface area contributed by atoms with Gasteiger partial charge >= 0.3 is 0 Å². The Bertz CT molecular complexity index is 709. The number of benzene rings is 1. The van der Waals surface area contributed by atoms with E-state index in [1.165, 1.54) is 41.7 Å². The zero-order valence-electron chi connectivity index (χ0n) is 11.4. The van der Waals surface area contributed by atoms with E-state index < -0.39 is 5.82 Å². The largest absolute Gasteiger partial charge is 0.293 e. The molecule has 2 heterocycles. The summed E-state index contributed by atoms with van der Waals surface area (Å²) >= 11 is 2.86. The number of aromatic nitrogens is 1. The topological polar surface area (TPSA) is 54.4 Å². The van der Waals surface area contributed by atoms with E-state index in [0.717, 1.165) is 10.1 Å². The van der Waals surface area contributed by atoms with Crippen LogP contribution < -0.4 is 5.43 Å². The minimum absolute atomic E-state index is 0.0343. The highest BCUT2D eigenvalue weighted by Gasteiger charge is 2.23. The summed E-state index contributed by atoms with van der Waals surface area (Å²) in [5, 5.41) is 4.17. The maximum Gasteiger partial charge on any atom is 0.173 e. The van der Waals surface area contributed by atoms with Crippen molar-refractivity contribution in [1.29, 1.82) is 0 Å². The normalized spacial score (nSPS) is 17.0. The third-order valence-corrected chi connectivity index (χ3v) is 5.18. The molecule has 1 atom stereocenters. The van der Waals surface area contributed by atoms with Crippen LogP contribution in [-0.2, 0) is 0 Å². The van der Waals surface area contributed by atoms with Crippen molar-refractivity contribution in [3.8, 4) is 0 Å². The van der Waals surface area contributed by atoms with Gasteiger partial charge in [0, 0.05) is 11.8 Å². The van der Waals surface area contributed by atoms with Crippen molar-refractivity contribution in [3.63, 3.8) is 0 Å². The standard InChI is InChI=1S/C15H12FN3OS2/c16-11-5-3-4-10(8-11)13(20)9-21-15-19-18-14(22-15)12-6-1-2-7-17-12/h1-8,14,18H,9H2/t14-/m0/s1. The number of thioether (sulfide) groups is 2. The van der Waals surface area contributed by atoms with E-state index in [4.69, 9.17) is 0 Å². The first kappa shape index (κ1) is 15.1. The summed E-state index contributed by atoms with van der Waals surface area (Å²) in [6.07, 6.45) is 1.73. The SMILES string of the molecule is O=C(CSC1=NN[C@H](c2ccccn2)S1)c1cccc(F)c1. The van der Waals surface area contributed by atoms with Crippen LogP contribution in [0.2, 0.25) is 0 Å². The van der Waals surface area contributed by atoms with Gasteiger partial charge in [0.25, 0.3) is 0 Å². The maximum atomic E-state index is 13.1. The van der Waals surface area contributed by atoms with Crippen LogP contribution in [0, 0.1) is 5.82 Å². The predicted octanol–water partition coefficient (Wildman–Crippen LogP) is 3.44. The molecule has 0 fully saturated rings. The molecule has 0 bridgehead atoms. The highest BCUT2D eigenvalue weighted by atomic mass is 32.2. The highest BCUT2D eigenvalue weighted by Crippen LogP contribution is 2.34. The number of halogens is 1. The Hall–Kier alpha value is -1.86. The number of hydrogen-bond acceptors (Lipinski definition) is 6. The van der Waals surface area contributed by atoms with Crippen molar-refractivity contribution in [2.24, 2.45) is 5.10 Å². The van der Waals surface area contributed by atoms with Gasteiger partial charge in [-0.15, -0.1) is 0 Å². The van der Waals surface area contributed by atoms with E-state index in [0.29, 0.717) is 5.56 Å². The highest BCUT2D eigenvalue weighted by molar-refractivity contribution is 8.39. The number of carbonyl (C=O) groups is 1. The smallest absolute Gasteiger partial charge is 0.173 e. The second-order valence-corrected chi connectivity index (χ2v) is 6.80. The molecule has 1 aliphatic heterocycles. The molecule has 3 rings (SSSR count). The fraction of sp³-hybridized carbons (Fsp3) is 0.133. The predicted molar refractivity (Wildman–Crippen MR) is 88.3 cm³/mol. The summed E-state index contributed by atoms with van der Waals surface area (Å²) in [7, 11) is 0. The molecule has 1 N–H and O–H groups in total. The van der Waals surface area contributed by atoms with Crippen LogP contribution in [0.4, 0.5) is 4.39 Å². The van der Waals surface area contributed by atoms with Crippen molar-refractivity contribution < 1.29 is 9.18 Å². The van der Waals surface area contributed by atoms with Crippen molar-refractivity contribution in [2.75, 3.05) is 5.75 Å². The molecule has 0 unspecified atom stereocenters. The lowest BCUT2D eigenvalue weighted by molar-refractivity contribution is 0.102. The monoisotopic (exact) mass is 333 g/mol. The van der Waals surface area contributed by atoms with Crippen LogP contribution in [0.15, 0.2) is 53.8 Å². The van der Waals surface area contributed by atoms with E-state index in [-0.39, 0.29) is 16.9 Å². The Morgan fingerprint density at radius 2 is 2.23 bits per heavy atom. The van der Waals surface area contributed by atoms with E-state index in [9.17, 15) is 9.18 Å². The van der Waals surface area contributed by atoms with Crippen LogP contribution in [0.25, 0.3) is 0 Å². The Morgan fingerprint density at radius 3 is 3.00 bits per heavy atom. The molecule has 0 amide bonds. The van der Waals surface area contributed by atoms with Gasteiger partial charge in [-0.1, -0.05) is 41.7 Å². The molecule has 0 saturated heterocycles. The van der Waals surface area contributed by atoms with Crippen molar-refractivity contribution in [1.82, 2.24) is 10.4 Å². The number of hydrogen-bond donors (Lipinski definition) is 1. The van der Waals surface area contributed by atoms with E-state index in [1.807, 2.05) is 18.2 Å². The molecule has 4 nitrogen and oxygen atoms in total. The van der Waals surface area contributed by atoms with Gasteiger partial charge in [0.1, 0.15) is 11.2 Å². The number of hydrazone groups is 1. The van der Waals surface area contributed by atoms with Crippen LogP contribution in [0.3, 0.4) is 0 Å². The second kappa shape index (κ2) is 6.93. The van der Waals surface area contributed by atoms with Crippen LogP contribution in [0.5, 0.6) is 0 Å². The zero-order chi connectivity index (χ0) is 15.4. The molecule has 1 aliphatic rings. The molecule has 0 spiro atoms. The van der Waals surface area contributed by atoms with Gasteiger partial charge in [0.15, 0.2) is 10.2 Å². The molecule has 112 valence electrons. The molecule has 7 heteroatoms. The van der Waals surface area contributed by atoms with Crippen LogP contribution >= 0.6 is 23.5 Å². The third-order valence-electron chi connectivity index (χ3n) is 2.92. The Labute approximate surface area is 135 Å². The van der Waals surface area contributed by atoms with Gasteiger partial charge < -0.3 is 0 Å². The maximum absolute atomic E-state index is 13.1. The minimum atomic E-state index is -0.402. The van der Waals surface area contributed by atoms with Gasteiger partial charge in [-0.05, 0) is 24.3 Å². The summed E-state index contributed by atoms with van der Waals surface area (Å²) < 4.78 is 13.9. The molecule has 0 saturated carbocycles. The van der Waals surface area contributed by atoms with Crippen LogP contribution in [-0.4, -0.2) is 20.9 Å². The zero-order valence-corrected chi connectivity index (χ0v) is 13.0. The fourth-order valence-corrected chi connectivity index (χ4v) is 3.81. The minimum Gasteiger partial charge on any atom is -0.293 e. The first-order chi connectivity index (χ1) is 10.7. The van der Waals surface area contributed by atoms with Crippen molar-refractivity contribution in [3.05, 3.63) is 65.7 Å². The average molecular weight is 333 g/mol. The molecule has 1 aromatic heterocycles. The second-order valence-electron chi connectivity index (χ2n) is 4.48. The van der Waals surface area contributed by atoms with Gasteiger partial charge in [0.05, 0.1) is 11.4 Å². The molecular weight excluding hydrogens is 321 g/mol. The Morgan fingerprint density at radius 1 is 1.32 bits per heavy atom. The summed E-state index contributed by atoms with van der Waals surface area (Å²) in [5.41, 5.74) is 4.26. The Balaban J connectivity index is 1.54. The summed E-state index contributed by atoms with van der Waals surface area (Å²) in [4.78, 5) is 16.3. The first-order valence-corrected chi connectivity index (χ1v) is 8.41. The lowest BCUT2D eigenvalue weighted by atomic mass is 10.1. The number of rotatable bonds is 4. The summed E-state index contributed by atoms with van der Waals surface area (Å²) in [5.74, 6) is -0.291. The quantitative estimate of drug-likeness (QED) is 0.869. The number of Topliss-reactive ketones (excluding diaryl/α,β-unsaturated/α-hetero) is 1. The number of ketones is 1. The molecule has 1 aromatic carbocycles. The number of pyridine rings is 1. The van der Waals surface area contributed by atoms with Gasteiger partial charge in [0.2, 0.25) is 0 Å². The fourth-order valence-electron chi connectivity index (χ4n) is 1.86. The lowest BCUT2D eigenvalue weighted by Crippen LogP contribution is -2.07. The summed E-state index contributed by atoms with van der Waals surface area (Å²) in [6, 6.07) is 11.4. The molecule has 22 heavy (non-hydrogen) atoms. The number of nitrogens with one attached hydrogen (secondary N) is 1. The van der Waals surface area contributed by atoms with Gasteiger partial charge in [-0.3, -0.25) is 15.2 Å². The molecule has 0 radical (unpaired) electrons. The van der Waals surface area contributed by atoms with E-state index in [2.05, 4.69) is 15.5 Å². The van der Waals surface area contributed by atoms with Crippen molar-refractivity contribution in [2.45, 2.75) is 5.37 Å². The lowest BCUT2D eigenvalue weighted by Gasteiger charge is -2.07. The number of carbonyl (C=O) groups excluding carboxylic acids is 1. The first-order valence-electron chi connectivity index (χ1n) is 6.55. The third kappa shape index (κ3) is 3.66. The van der Waals surface area contributed by atoms with Crippen molar-refractivity contribution >= 4 is 33.7 Å². The van der Waals surface area contributed by atoms with E-state index >= 15 is 0 Å². The molecule has 0 aliphatic carbocycles. The van der Waals surface area contributed by atoms with Gasteiger partial charge in [-0.2, -0.15) is 5.10 Å². The molecular formula is C15H12FN3OS2. The number of nitrogens with zero attached hydrogens (tertiary/aromatic N) is 2. The molecule has 2 aromatic rings. The Kier molecular flexibility index (Phi) is 4.74. The average Bonchev–Trinajstić information content (AvgIpc) is 3.02. The van der Waals surface area contributed by atoms with E-state index in [1.54, 1.807) is 12.3 Å². The van der Waals surface area contributed by atoms with Crippen LogP contribution in [0.1, 0.15) is 21.4 Å². The summed E-state index contributed by atoms with van der Waals surface area (Å²) in [6.45, 7) is 0. The van der Waals surface area contributed by atoms with Gasteiger partial charge in [-0.25, -0.2) is 4.39 Å².